The summed E-state index contributed by atoms with van der Waals surface area (Å²) in [5, 5.41) is 13.1. The van der Waals surface area contributed by atoms with Crippen LogP contribution in [0.3, 0.4) is 0 Å². The van der Waals surface area contributed by atoms with Gasteiger partial charge in [-0.1, -0.05) is 0 Å². The van der Waals surface area contributed by atoms with Gasteiger partial charge in [-0.2, -0.15) is 0 Å². The molecule has 1 unspecified atom stereocenters. The molecule has 0 aliphatic carbocycles. The normalized spacial score (nSPS) is 13.6. The van der Waals surface area contributed by atoms with Crippen LogP contribution in [0.5, 0.6) is 0 Å². The minimum atomic E-state index is -1.21. The number of furan rings is 1. The number of carbonyl (C=O) groups excluding carboxylic acids is 1. The highest BCUT2D eigenvalue weighted by Crippen LogP contribution is 2.22. The molecule has 2 N–H and O–H groups in total. The molecule has 2 rings (SSSR count). The molecule has 0 spiro atoms. The van der Waals surface area contributed by atoms with E-state index in [0.717, 1.165) is 17.1 Å². The lowest BCUT2D eigenvalue weighted by Gasteiger charge is -2.21. The van der Waals surface area contributed by atoms with Crippen molar-refractivity contribution in [3.8, 4) is 0 Å². The maximum Gasteiger partial charge on any atom is 0.230 e. The number of nitrogens with one attached hydrogen (secondary N) is 1. The van der Waals surface area contributed by atoms with Crippen LogP contribution >= 0.6 is 11.8 Å². The van der Waals surface area contributed by atoms with Gasteiger partial charge in [-0.25, -0.2) is 0 Å². The Hall–Kier alpha value is -1.79. The molecule has 0 aliphatic rings. The van der Waals surface area contributed by atoms with Gasteiger partial charge < -0.3 is 14.8 Å². The van der Waals surface area contributed by atoms with Crippen LogP contribution in [0.1, 0.15) is 24.0 Å². The minimum Gasteiger partial charge on any atom is -0.463 e. The van der Waals surface area contributed by atoms with Crippen LogP contribution < -0.4 is 5.32 Å². The van der Waals surface area contributed by atoms with Gasteiger partial charge in [-0.05, 0) is 43.7 Å². The molecule has 1 amide bonds. The highest BCUT2D eigenvalue weighted by atomic mass is 32.2. The zero-order valence-electron chi connectivity index (χ0n) is 12.7. The zero-order chi connectivity index (χ0) is 16.0. The molecule has 118 valence electrons. The Labute approximate surface area is 134 Å². The first-order chi connectivity index (χ1) is 10.5. The van der Waals surface area contributed by atoms with E-state index in [-0.39, 0.29) is 12.5 Å². The molecule has 0 bridgehead atoms. The Morgan fingerprint density at radius 1 is 1.36 bits per heavy atom. The molecule has 5 nitrogen and oxygen atoms in total. The van der Waals surface area contributed by atoms with Gasteiger partial charge in [-0.3, -0.25) is 9.78 Å². The monoisotopic (exact) mass is 320 g/mol. The highest BCUT2D eigenvalue weighted by Gasteiger charge is 2.27. The van der Waals surface area contributed by atoms with E-state index in [1.54, 1.807) is 31.5 Å². The van der Waals surface area contributed by atoms with Crippen molar-refractivity contribution in [2.45, 2.75) is 25.2 Å². The number of aryl methyl sites for hydroxylation is 1. The summed E-state index contributed by atoms with van der Waals surface area (Å²) in [6, 6.07) is 7.36. The Morgan fingerprint density at radius 2 is 2.09 bits per heavy atom. The number of pyridine rings is 1. The first-order valence-corrected chi connectivity index (χ1v) is 8.15. The van der Waals surface area contributed by atoms with Crippen LogP contribution in [-0.2, 0) is 16.1 Å². The van der Waals surface area contributed by atoms with E-state index in [1.807, 2.05) is 19.1 Å². The molecule has 0 aliphatic heterocycles. The first kappa shape index (κ1) is 16.6. The number of aliphatic hydroxyl groups is 1. The van der Waals surface area contributed by atoms with Crippen LogP contribution in [-0.4, -0.2) is 28.3 Å². The SMILES string of the molecule is Cc1ccc(C(C)(O)CNC(=O)CSCc2ccncc2)o1. The molecule has 0 fully saturated rings. The van der Waals surface area contributed by atoms with Crippen molar-refractivity contribution in [1.82, 2.24) is 10.3 Å². The summed E-state index contributed by atoms with van der Waals surface area (Å²) in [5.41, 5.74) is -0.0782. The summed E-state index contributed by atoms with van der Waals surface area (Å²) in [4.78, 5) is 15.8. The third kappa shape index (κ3) is 4.89. The van der Waals surface area contributed by atoms with Crippen LogP contribution in [0.25, 0.3) is 0 Å². The molecule has 22 heavy (non-hydrogen) atoms. The number of hydrogen-bond acceptors (Lipinski definition) is 5. The Kier molecular flexibility index (Phi) is 5.63. The fraction of sp³-hybridized carbons (Fsp3) is 0.375. The van der Waals surface area contributed by atoms with Gasteiger partial charge >= 0.3 is 0 Å². The molecule has 2 aromatic rings. The molecule has 0 saturated carbocycles. The summed E-state index contributed by atoms with van der Waals surface area (Å²) in [6.45, 7) is 3.55. The summed E-state index contributed by atoms with van der Waals surface area (Å²) < 4.78 is 5.41. The quantitative estimate of drug-likeness (QED) is 0.818. The molecular formula is C16H20N2O3S. The second-order valence-corrected chi connectivity index (χ2v) is 6.29. The Balaban J connectivity index is 1.73. The van der Waals surface area contributed by atoms with Crippen molar-refractivity contribution in [2.75, 3.05) is 12.3 Å². The smallest absolute Gasteiger partial charge is 0.230 e. The second-order valence-electron chi connectivity index (χ2n) is 5.31. The molecule has 1 atom stereocenters. The fourth-order valence-corrected chi connectivity index (χ4v) is 2.69. The van der Waals surface area contributed by atoms with Crippen molar-refractivity contribution < 1.29 is 14.3 Å². The predicted molar refractivity (Wildman–Crippen MR) is 86.4 cm³/mol. The molecular weight excluding hydrogens is 300 g/mol. The van der Waals surface area contributed by atoms with Gasteiger partial charge in [-0.15, -0.1) is 11.8 Å². The van der Waals surface area contributed by atoms with Gasteiger partial charge in [0.2, 0.25) is 5.91 Å². The standard InChI is InChI=1S/C16H20N2O3S/c1-12-3-4-14(21-12)16(2,20)11-18-15(19)10-22-9-13-5-7-17-8-6-13/h3-8,20H,9-11H2,1-2H3,(H,18,19). The second kappa shape index (κ2) is 7.47. The number of amides is 1. The predicted octanol–water partition coefficient (Wildman–Crippen LogP) is 2.24. The number of aromatic nitrogens is 1. The number of thioether (sulfide) groups is 1. The molecule has 0 saturated heterocycles. The van der Waals surface area contributed by atoms with E-state index in [1.165, 1.54) is 11.8 Å². The van der Waals surface area contributed by atoms with Crippen molar-refractivity contribution in [2.24, 2.45) is 0 Å². The average molecular weight is 320 g/mol. The number of hydrogen-bond donors (Lipinski definition) is 2. The van der Waals surface area contributed by atoms with Gasteiger partial charge in [0, 0.05) is 18.1 Å². The van der Waals surface area contributed by atoms with E-state index in [2.05, 4.69) is 10.3 Å². The molecule has 6 heteroatoms. The lowest BCUT2D eigenvalue weighted by atomic mass is 10.0. The van der Waals surface area contributed by atoms with E-state index in [4.69, 9.17) is 4.42 Å². The van der Waals surface area contributed by atoms with Crippen LogP contribution in [0.2, 0.25) is 0 Å². The third-order valence-corrected chi connectivity index (χ3v) is 4.16. The molecule has 2 heterocycles. The topological polar surface area (TPSA) is 75.4 Å². The van der Waals surface area contributed by atoms with E-state index in [9.17, 15) is 9.90 Å². The third-order valence-electron chi connectivity index (χ3n) is 3.15. The van der Waals surface area contributed by atoms with Crippen molar-refractivity contribution >= 4 is 17.7 Å². The van der Waals surface area contributed by atoms with Crippen molar-refractivity contribution in [3.63, 3.8) is 0 Å². The van der Waals surface area contributed by atoms with Gasteiger partial charge in [0.25, 0.3) is 0 Å². The zero-order valence-corrected chi connectivity index (χ0v) is 13.5. The maximum absolute atomic E-state index is 11.8. The number of carbonyl (C=O) groups is 1. The highest BCUT2D eigenvalue weighted by molar-refractivity contribution is 7.99. The summed E-state index contributed by atoms with van der Waals surface area (Å²) >= 11 is 1.52. The Bertz CT molecular complexity index is 611. The molecule has 2 aromatic heterocycles. The Morgan fingerprint density at radius 3 is 2.73 bits per heavy atom. The fourth-order valence-electron chi connectivity index (χ4n) is 1.87. The molecule has 0 radical (unpaired) electrons. The number of rotatable bonds is 7. The van der Waals surface area contributed by atoms with Gasteiger partial charge in [0.05, 0.1) is 12.3 Å². The number of nitrogens with zero attached hydrogens (tertiary/aromatic N) is 1. The van der Waals surface area contributed by atoms with Crippen LogP contribution in [0, 0.1) is 6.92 Å². The van der Waals surface area contributed by atoms with Crippen LogP contribution in [0.4, 0.5) is 0 Å². The summed E-state index contributed by atoms with van der Waals surface area (Å²) in [6.07, 6.45) is 3.47. The van der Waals surface area contributed by atoms with Crippen molar-refractivity contribution in [3.05, 3.63) is 53.7 Å². The van der Waals surface area contributed by atoms with Crippen molar-refractivity contribution in [1.29, 1.82) is 0 Å². The van der Waals surface area contributed by atoms with E-state index >= 15 is 0 Å². The van der Waals surface area contributed by atoms with Gasteiger partial charge in [0.15, 0.2) is 0 Å². The largest absolute Gasteiger partial charge is 0.463 e. The summed E-state index contributed by atoms with van der Waals surface area (Å²) in [5.74, 6) is 2.17. The first-order valence-electron chi connectivity index (χ1n) is 7.00. The van der Waals surface area contributed by atoms with Gasteiger partial charge in [0.1, 0.15) is 17.1 Å². The lowest BCUT2D eigenvalue weighted by Crippen LogP contribution is -2.39. The van der Waals surface area contributed by atoms with E-state index in [0.29, 0.717) is 11.5 Å². The minimum absolute atomic E-state index is 0.109. The van der Waals surface area contributed by atoms with E-state index < -0.39 is 5.60 Å². The van der Waals surface area contributed by atoms with Crippen LogP contribution in [0.15, 0.2) is 41.1 Å². The lowest BCUT2D eigenvalue weighted by molar-refractivity contribution is -0.119. The maximum atomic E-state index is 11.8. The average Bonchev–Trinajstić information content (AvgIpc) is 2.94. The molecule has 0 aromatic carbocycles. The summed E-state index contributed by atoms with van der Waals surface area (Å²) in [7, 11) is 0.